The van der Waals surface area contributed by atoms with Crippen LogP contribution in [0.1, 0.15) is 16.8 Å². The number of hydrogen-bond acceptors (Lipinski definition) is 3. The van der Waals surface area contributed by atoms with E-state index >= 15 is 0 Å². The molecule has 0 radical (unpaired) electrons. The molecule has 0 saturated carbocycles. The van der Waals surface area contributed by atoms with E-state index in [1.54, 1.807) is 24.3 Å². The van der Waals surface area contributed by atoms with Gasteiger partial charge in [0.2, 0.25) is 5.91 Å². The second-order valence-corrected chi connectivity index (χ2v) is 6.29. The maximum atomic E-state index is 12.9. The van der Waals surface area contributed by atoms with Crippen molar-refractivity contribution < 1.29 is 14.7 Å². The summed E-state index contributed by atoms with van der Waals surface area (Å²) in [5.74, 6) is -0.446. The van der Waals surface area contributed by atoms with E-state index in [2.05, 4.69) is 5.32 Å². The van der Waals surface area contributed by atoms with Crippen LogP contribution in [0, 0.1) is 0 Å². The molecular formula is C19H19ClN2O3. The van der Waals surface area contributed by atoms with Gasteiger partial charge in [-0.15, -0.1) is 0 Å². The smallest absolute Gasteiger partial charge is 0.254 e. The average Bonchev–Trinajstić information content (AvgIpc) is 2.63. The standard InChI is InChI=1S/C19H19ClN2O3/c20-16-7-2-1-6-15(16)13-4-3-5-14(12-13)19(25)22-10-9-21-18(24)17(22)8-11-23/h1-7,12,17,23H,8-11H2,(H,21,24)/t17-/m1/s1. The van der Waals surface area contributed by atoms with E-state index in [1.165, 1.54) is 4.90 Å². The minimum Gasteiger partial charge on any atom is -0.396 e. The molecule has 0 aliphatic carbocycles. The van der Waals surface area contributed by atoms with Gasteiger partial charge < -0.3 is 15.3 Å². The van der Waals surface area contributed by atoms with Crippen molar-refractivity contribution in [3.63, 3.8) is 0 Å². The highest BCUT2D eigenvalue weighted by Crippen LogP contribution is 2.28. The highest BCUT2D eigenvalue weighted by molar-refractivity contribution is 6.33. The van der Waals surface area contributed by atoms with Gasteiger partial charge in [-0.3, -0.25) is 9.59 Å². The normalized spacial score (nSPS) is 17.3. The number of carbonyl (C=O) groups is 2. The molecule has 0 unspecified atom stereocenters. The summed E-state index contributed by atoms with van der Waals surface area (Å²) >= 11 is 6.25. The Morgan fingerprint density at radius 1 is 1.24 bits per heavy atom. The first-order chi connectivity index (χ1) is 12.1. The molecule has 6 heteroatoms. The van der Waals surface area contributed by atoms with Crippen LogP contribution in [0.5, 0.6) is 0 Å². The van der Waals surface area contributed by atoms with E-state index in [-0.39, 0.29) is 24.8 Å². The summed E-state index contributed by atoms with van der Waals surface area (Å²) in [4.78, 5) is 26.5. The lowest BCUT2D eigenvalue weighted by Crippen LogP contribution is -2.57. The molecule has 2 N–H and O–H groups in total. The highest BCUT2D eigenvalue weighted by atomic mass is 35.5. The third-order valence-electron chi connectivity index (χ3n) is 4.29. The van der Waals surface area contributed by atoms with Gasteiger partial charge in [0.1, 0.15) is 6.04 Å². The lowest BCUT2D eigenvalue weighted by atomic mass is 10.0. The Morgan fingerprint density at radius 2 is 2.04 bits per heavy atom. The summed E-state index contributed by atoms with van der Waals surface area (Å²) in [5.41, 5.74) is 2.19. The number of halogens is 1. The summed E-state index contributed by atoms with van der Waals surface area (Å²) in [6.45, 7) is 0.684. The van der Waals surface area contributed by atoms with E-state index in [4.69, 9.17) is 11.6 Å². The van der Waals surface area contributed by atoms with Crippen LogP contribution in [-0.2, 0) is 4.79 Å². The SMILES string of the molecule is O=C1NCCN(C(=O)c2cccc(-c3ccccc3Cl)c2)[C@@H]1CCO. The third-order valence-corrected chi connectivity index (χ3v) is 4.62. The van der Waals surface area contributed by atoms with Crippen molar-refractivity contribution in [3.05, 3.63) is 59.1 Å². The molecule has 1 saturated heterocycles. The Labute approximate surface area is 151 Å². The van der Waals surface area contributed by atoms with E-state index in [1.807, 2.05) is 24.3 Å². The zero-order valence-corrected chi connectivity index (χ0v) is 14.4. The summed E-state index contributed by atoms with van der Waals surface area (Å²) in [5, 5.41) is 12.5. The van der Waals surface area contributed by atoms with E-state index in [0.29, 0.717) is 23.7 Å². The minimum atomic E-state index is -0.643. The Hall–Kier alpha value is -2.37. The van der Waals surface area contributed by atoms with Gasteiger partial charge in [-0.1, -0.05) is 41.9 Å². The molecule has 2 aromatic rings. The number of amides is 2. The minimum absolute atomic E-state index is 0.151. The highest BCUT2D eigenvalue weighted by Gasteiger charge is 2.33. The van der Waals surface area contributed by atoms with Crippen LogP contribution in [0.3, 0.4) is 0 Å². The fourth-order valence-corrected chi connectivity index (χ4v) is 3.29. The lowest BCUT2D eigenvalue weighted by Gasteiger charge is -2.35. The van der Waals surface area contributed by atoms with Crippen molar-refractivity contribution in [1.29, 1.82) is 0 Å². The number of benzene rings is 2. The van der Waals surface area contributed by atoms with Crippen molar-refractivity contribution in [2.75, 3.05) is 19.7 Å². The number of carbonyl (C=O) groups excluding carboxylic acids is 2. The fourth-order valence-electron chi connectivity index (χ4n) is 3.05. The van der Waals surface area contributed by atoms with Crippen LogP contribution in [0.25, 0.3) is 11.1 Å². The summed E-state index contributed by atoms with van der Waals surface area (Å²) < 4.78 is 0. The molecule has 0 bridgehead atoms. The molecule has 1 aliphatic heterocycles. The molecule has 2 aromatic carbocycles. The van der Waals surface area contributed by atoms with Crippen molar-refractivity contribution in [2.45, 2.75) is 12.5 Å². The van der Waals surface area contributed by atoms with Crippen LogP contribution in [0.4, 0.5) is 0 Å². The van der Waals surface area contributed by atoms with Gasteiger partial charge in [0.25, 0.3) is 5.91 Å². The first-order valence-electron chi connectivity index (χ1n) is 8.16. The molecule has 25 heavy (non-hydrogen) atoms. The predicted octanol–water partition coefficient (Wildman–Crippen LogP) is 2.33. The predicted molar refractivity (Wildman–Crippen MR) is 96.4 cm³/mol. The molecule has 1 aliphatic rings. The summed E-state index contributed by atoms with van der Waals surface area (Å²) in [7, 11) is 0. The molecule has 2 amide bonds. The van der Waals surface area contributed by atoms with Crippen LogP contribution in [0.2, 0.25) is 5.02 Å². The van der Waals surface area contributed by atoms with Gasteiger partial charge in [0.15, 0.2) is 0 Å². The number of nitrogens with zero attached hydrogens (tertiary/aromatic N) is 1. The summed E-state index contributed by atoms with van der Waals surface area (Å²) in [6.07, 6.45) is 0.224. The van der Waals surface area contributed by atoms with Crippen LogP contribution in [-0.4, -0.2) is 47.6 Å². The van der Waals surface area contributed by atoms with Crippen molar-refractivity contribution in [1.82, 2.24) is 10.2 Å². The molecule has 130 valence electrons. The molecule has 3 rings (SSSR count). The Balaban J connectivity index is 1.91. The zero-order chi connectivity index (χ0) is 17.8. The van der Waals surface area contributed by atoms with Crippen LogP contribution < -0.4 is 5.32 Å². The molecule has 1 atom stereocenters. The second-order valence-electron chi connectivity index (χ2n) is 5.88. The molecule has 0 aromatic heterocycles. The topological polar surface area (TPSA) is 69.6 Å². The van der Waals surface area contributed by atoms with Crippen molar-refractivity contribution in [3.8, 4) is 11.1 Å². The molecule has 5 nitrogen and oxygen atoms in total. The first kappa shape index (κ1) is 17.5. The summed E-state index contributed by atoms with van der Waals surface area (Å²) in [6, 6.07) is 14.0. The maximum Gasteiger partial charge on any atom is 0.254 e. The molecular weight excluding hydrogens is 340 g/mol. The fraction of sp³-hybridized carbons (Fsp3) is 0.263. The van der Waals surface area contributed by atoms with Gasteiger partial charge in [0, 0.05) is 35.8 Å². The van der Waals surface area contributed by atoms with E-state index < -0.39 is 6.04 Å². The second kappa shape index (κ2) is 7.68. The van der Waals surface area contributed by atoms with Gasteiger partial charge in [-0.25, -0.2) is 0 Å². The van der Waals surface area contributed by atoms with Gasteiger partial charge in [-0.05, 0) is 30.2 Å². The Kier molecular flexibility index (Phi) is 5.36. The quantitative estimate of drug-likeness (QED) is 0.881. The van der Waals surface area contributed by atoms with E-state index in [0.717, 1.165) is 11.1 Å². The molecule has 0 spiro atoms. The number of rotatable bonds is 4. The number of piperazine rings is 1. The van der Waals surface area contributed by atoms with Gasteiger partial charge in [0.05, 0.1) is 0 Å². The number of hydrogen-bond donors (Lipinski definition) is 2. The Bertz CT molecular complexity index is 794. The third kappa shape index (κ3) is 3.67. The Morgan fingerprint density at radius 3 is 2.80 bits per heavy atom. The zero-order valence-electron chi connectivity index (χ0n) is 13.6. The van der Waals surface area contributed by atoms with Crippen molar-refractivity contribution in [2.24, 2.45) is 0 Å². The molecule has 1 heterocycles. The number of aliphatic hydroxyl groups is 1. The number of nitrogens with one attached hydrogen (secondary N) is 1. The van der Waals surface area contributed by atoms with Crippen molar-refractivity contribution >= 4 is 23.4 Å². The largest absolute Gasteiger partial charge is 0.396 e. The van der Waals surface area contributed by atoms with Crippen LogP contribution >= 0.6 is 11.6 Å². The first-order valence-corrected chi connectivity index (χ1v) is 8.54. The molecule has 1 fully saturated rings. The monoisotopic (exact) mass is 358 g/mol. The number of aliphatic hydroxyl groups excluding tert-OH is 1. The maximum absolute atomic E-state index is 12.9. The lowest BCUT2D eigenvalue weighted by molar-refractivity contribution is -0.128. The van der Waals surface area contributed by atoms with Gasteiger partial charge in [-0.2, -0.15) is 0 Å². The average molecular weight is 359 g/mol. The van der Waals surface area contributed by atoms with Gasteiger partial charge >= 0.3 is 0 Å². The van der Waals surface area contributed by atoms with E-state index in [9.17, 15) is 14.7 Å². The van der Waals surface area contributed by atoms with Crippen LogP contribution in [0.15, 0.2) is 48.5 Å².